The van der Waals surface area contributed by atoms with E-state index in [9.17, 15) is 0 Å². The van der Waals surface area contributed by atoms with Gasteiger partial charge in [-0.25, -0.2) is 0 Å². The molecule has 19 heavy (non-hydrogen) atoms. The number of nitrogens with one attached hydrogen (secondary N) is 1. The first-order chi connectivity index (χ1) is 9.20. The lowest BCUT2D eigenvalue weighted by Crippen LogP contribution is -2.18. The first-order valence-electron chi connectivity index (χ1n) is 5.68. The van der Waals surface area contributed by atoms with Gasteiger partial charge >= 0.3 is 0 Å². The number of benzene rings is 1. The van der Waals surface area contributed by atoms with Crippen molar-refractivity contribution in [2.75, 3.05) is 20.3 Å². The molecule has 1 aromatic carbocycles. The van der Waals surface area contributed by atoms with E-state index in [1.54, 1.807) is 18.4 Å². The summed E-state index contributed by atoms with van der Waals surface area (Å²) in [5.74, 6) is 0. The van der Waals surface area contributed by atoms with Crippen LogP contribution in [0.2, 0.25) is 5.02 Å². The van der Waals surface area contributed by atoms with Crippen LogP contribution in [0.4, 0.5) is 0 Å². The third kappa shape index (κ3) is 4.22. The van der Waals surface area contributed by atoms with Crippen LogP contribution in [0, 0.1) is 0 Å². The van der Waals surface area contributed by atoms with Crippen molar-refractivity contribution in [3.05, 3.63) is 32.7 Å². The summed E-state index contributed by atoms with van der Waals surface area (Å²) in [6, 6.07) is 5.77. The molecular weight excluding hydrogens is 350 g/mol. The van der Waals surface area contributed by atoms with Gasteiger partial charge in [0.05, 0.1) is 11.6 Å². The molecule has 0 aliphatic carbocycles. The van der Waals surface area contributed by atoms with Gasteiger partial charge in [-0.05, 0) is 28.1 Å². The third-order valence-corrected chi connectivity index (χ3v) is 4.60. The number of methoxy groups -OCH3 is 1. The Morgan fingerprint density at radius 2 is 2.26 bits per heavy atom. The summed E-state index contributed by atoms with van der Waals surface area (Å²) in [6.07, 6.45) is 0. The number of nitrogens with zero attached hydrogens (tertiary/aromatic N) is 2. The van der Waals surface area contributed by atoms with Crippen LogP contribution >= 0.6 is 38.9 Å². The van der Waals surface area contributed by atoms with E-state index in [1.807, 2.05) is 18.2 Å². The van der Waals surface area contributed by atoms with Gasteiger partial charge < -0.3 is 10.1 Å². The lowest BCUT2D eigenvalue weighted by atomic mass is 10.2. The Morgan fingerprint density at radius 3 is 3.00 bits per heavy atom. The molecule has 4 nitrogen and oxygen atoms in total. The van der Waals surface area contributed by atoms with Crippen molar-refractivity contribution in [2.45, 2.75) is 6.54 Å². The van der Waals surface area contributed by atoms with Gasteiger partial charge in [0.1, 0.15) is 10.0 Å². The number of hydrogen-bond acceptors (Lipinski definition) is 5. The Labute approximate surface area is 129 Å². The van der Waals surface area contributed by atoms with E-state index >= 15 is 0 Å². The second-order valence-corrected chi connectivity index (χ2v) is 6.12. The molecule has 1 N–H and O–H groups in total. The van der Waals surface area contributed by atoms with E-state index in [-0.39, 0.29) is 0 Å². The molecule has 1 heterocycles. The third-order valence-electron chi connectivity index (χ3n) is 2.39. The Balaban J connectivity index is 2.01. The zero-order valence-corrected chi connectivity index (χ0v) is 13.5. The summed E-state index contributed by atoms with van der Waals surface area (Å²) >= 11 is 11.0. The first kappa shape index (κ1) is 14.9. The number of ether oxygens (including phenoxy) is 1. The largest absolute Gasteiger partial charge is 0.383 e. The molecule has 102 valence electrons. The summed E-state index contributed by atoms with van der Waals surface area (Å²) in [6.45, 7) is 2.19. The molecule has 0 aliphatic rings. The molecule has 7 heteroatoms. The van der Waals surface area contributed by atoms with Gasteiger partial charge in [0, 0.05) is 30.2 Å². The van der Waals surface area contributed by atoms with E-state index < -0.39 is 0 Å². The predicted molar refractivity (Wildman–Crippen MR) is 81.6 cm³/mol. The zero-order valence-electron chi connectivity index (χ0n) is 10.3. The van der Waals surface area contributed by atoms with Crippen LogP contribution < -0.4 is 5.32 Å². The van der Waals surface area contributed by atoms with Crippen LogP contribution in [0.1, 0.15) is 5.01 Å². The van der Waals surface area contributed by atoms with Crippen LogP contribution in [-0.2, 0) is 11.3 Å². The van der Waals surface area contributed by atoms with Gasteiger partial charge in [-0.1, -0.05) is 29.0 Å². The molecule has 0 radical (unpaired) electrons. The maximum Gasteiger partial charge on any atom is 0.147 e. The molecule has 0 amide bonds. The van der Waals surface area contributed by atoms with E-state index in [1.165, 1.54) is 0 Å². The number of hydrogen-bond donors (Lipinski definition) is 1. The van der Waals surface area contributed by atoms with Gasteiger partial charge in [0.25, 0.3) is 0 Å². The monoisotopic (exact) mass is 361 g/mol. The Kier molecular flexibility index (Phi) is 5.72. The van der Waals surface area contributed by atoms with E-state index in [0.29, 0.717) is 18.2 Å². The van der Waals surface area contributed by atoms with Crippen molar-refractivity contribution < 1.29 is 4.74 Å². The number of halogens is 2. The SMILES string of the molecule is COCCNCc1nnc(-c2ccc(Br)c(Cl)c2)s1. The Hall–Kier alpha value is -0.530. The standard InChI is InChI=1S/C12H13BrClN3OS/c1-18-5-4-15-7-11-16-17-12(19-11)8-2-3-9(13)10(14)6-8/h2-3,6,15H,4-5,7H2,1H3. The number of aromatic nitrogens is 2. The van der Waals surface area contributed by atoms with Gasteiger partial charge in [-0.15, -0.1) is 10.2 Å². The lowest BCUT2D eigenvalue weighted by molar-refractivity contribution is 0.199. The van der Waals surface area contributed by atoms with Crippen LogP contribution in [0.5, 0.6) is 0 Å². The highest BCUT2D eigenvalue weighted by atomic mass is 79.9. The van der Waals surface area contributed by atoms with Crippen molar-refractivity contribution in [2.24, 2.45) is 0 Å². The summed E-state index contributed by atoms with van der Waals surface area (Å²) in [5.41, 5.74) is 0.980. The van der Waals surface area contributed by atoms with Crippen molar-refractivity contribution in [3.63, 3.8) is 0 Å². The average molecular weight is 363 g/mol. The minimum atomic E-state index is 0.674. The molecule has 2 rings (SSSR count). The fraction of sp³-hybridized carbons (Fsp3) is 0.333. The average Bonchev–Trinajstić information content (AvgIpc) is 2.87. The van der Waals surface area contributed by atoms with Crippen molar-refractivity contribution in [3.8, 4) is 10.6 Å². The fourth-order valence-electron chi connectivity index (χ4n) is 1.44. The Bertz CT molecular complexity index is 550. The second-order valence-electron chi connectivity index (χ2n) is 3.80. The highest BCUT2D eigenvalue weighted by Gasteiger charge is 2.08. The Morgan fingerprint density at radius 1 is 1.42 bits per heavy atom. The minimum absolute atomic E-state index is 0.674. The van der Waals surface area contributed by atoms with E-state index in [4.69, 9.17) is 16.3 Å². The minimum Gasteiger partial charge on any atom is -0.383 e. The fourth-order valence-corrected chi connectivity index (χ4v) is 2.67. The van der Waals surface area contributed by atoms with Crippen LogP contribution in [-0.4, -0.2) is 30.5 Å². The van der Waals surface area contributed by atoms with Crippen LogP contribution in [0.3, 0.4) is 0 Å². The van der Waals surface area contributed by atoms with E-state index in [0.717, 1.165) is 26.6 Å². The summed E-state index contributed by atoms with van der Waals surface area (Å²) in [4.78, 5) is 0. The summed E-state index contributed by atoms with van der Waals surface area (Å²) < 4.78 is 5.84. The smallest absolute Gasteiger partial charge is 0.147 e. The second kappa shape index (κ2) is 7.31. The maximum atomic E-state index is 6.07. The molecule has 0 unspecified atom stereocenters. The molecule has 0 saturated heterocycles. The van der Waals surface area contributed by atoms with Crippen molar-refractivity contribution in [1.29, 1.82) is 0 Å². The van der Waals surface area contributed by atoms with Crippen LogP contribution in [0.25, 0.3) is 10.6 Å². The highest BCUT2D eigenvalue weighted by Crippen LogP contribution is 2.30. The molecule has 2 aromatic rings. The topological polar surface area (TPSA) is 47.0 Å². The van der Waals surface area contributed by atoms with Crippen molar-refractivity contribution in [1.82, 2.24) is 15.5 Å². The molecule has 0 fully saturated rings. The van der Waals surface area contributed by atoms with Gasteiger partial charge in [0.15, 0.2) is 0 Å². The normalized spacial score (nSPS) is 10.9. The van der Waals surface area contributed by atoms with Crippen LogP contribution in [0.15, 0.2) is 22.7 Å². The highest BCUT2D eigenvalue weighted by molar-refractivity contribution is 9.10. The van der Waals surface area contributed by atoms with Gasteiger partial charge in [-0.2, -0.15) is 0 Å². The molecule has 1 aromatic heterocycles. The molecule has 0 aliphatic heterocycles. The van der Waals surface area contributed by atoms with Gasteiger partial charge in [-0.3, -0.25) is 0 Å². The molecule has 0 bridgehead atoms. The zero-order chi connectivity index (χ0) is 13.7. The van der Waals surface area contributed by atoms with Crippen molar-refractivity contribution >= 4 is 38.9 Å². The first-order valence-corrected chi connectivity index (χ1v) is 7.67. The molecular formula is C12H13BrClN3OS. The quantitative estimate of drug-likeness (QED) is 0.801. The summed E-state index contributed by atoms with van der Waals surface area (Å²) in [7, 11) is 1.68. The maximum absolute atomic E-state index is 6.07. The predicted octanol–water partition coefficient (Wildman–Crippen LogP) is 3.36. The molecule has 0 saturated carbocycles. The lowest BCUT2D eigenvalue weighted by Gasteiger charge is -2.00. The molecule has 0 atom stereocenters. The molecule has 0 spiro atoms. The van der Waals surface area contributed by atoms with Gasteiger partial charge in [0.2, 0.25) is 0 Å². The van der Waals surface area contributed by atoms with E-state index in [2.05, 4.69) is 31.4 Å². The summed E-state index contributed by atoms with van der Waals surface area (Å²) in [5, 5.41) is 14.1. The number of rotatable bonds is 6.